The molecule has 0 atom stereocenters. The van der Waals surface area contributed by atoms with Crippen molar-refractivity contribution in [1.29, 1.82) is 0 Å². The third kappa shape index (κ3) is 5.48. The van der Waals surface area contributed by atoms with Crippen molar-refractivity contribution in [2.45, 2.75) is 13.5 Å². The van der Waals surface area contributed by atoms with E-state index in [-0.39, 0.29) is 12.5 Å². The highest BCUT2D eigenvalue weighted by molar-refractivity contribution is 9.10. The molecule has 1 aromatic carbocycles. The summed E-state index contributed by atoms with van der Waals surface area (Å²) < 4.78 is 6.00. The first-order valence-electron chi connectivity index (χ1n) is 6.59. The Balaban J connectivity index is 2.68. The number of rotatable bonds is 9. The summed E-state index contributed by atoms with van der Waals surface area (Å²) in [6.45, 7) is 5.24. The number of nitrogens with two attached hydrogens (primary N) is 1. The number of halogens is 1. The van der Waals surface area contributed by atoms with Crippen LogP contribution in [0.4, 0.5) is 5.69 Å². The van der Waals surface area contributed by atoms with E-state index in [0.29, 0.717) is 6.61 Å². The third-order valence-electron chi connectivity index (χ3n) is 2.93. The van der Waals surface area contributed by atoms with Crippen LogP contribution >= 0.6 is 15.9 Å². The summed E-state index contributed by atoms with van der Waals surface area (Å²) in [5.74, 6) is -0.326. The summed E-state index contributed by atoms with van der Waals surface area (Å²) in [6, 6.07) is 6.06. The summed E-state index contributed by atoms with van der Waals surface area (Å²) in [7, 11) is 1.68. The fraction of sp³-hybridized carbons (Fsp3) is 0.500. The minimum absolute atomic E-state index is 0.231. The predicted molar refractivity (Wildman–Crippen MR) is 84.8 cm³/mol. The normalized spacial score (nSPS) is 10.6. The van der Waals surface area contributed by atoms with Crippen molar-refractivity contribution in [3.63, 3.8) is 0 Å². The lowest BCUT2D eigenvalue weighted by atomic mass is 10.2. The van der Waals surface area contributed by atoms with Crippen LogP contribution in [-0.4, -0.2) is 39.3 Å². The van der Waals surface area contributed by atoms with E-state index in [2.05, 4.69) is 21.2 Å². The van der Waals surface area contributed by atoms with Gasteiger partial charge in [0.2, 0.25) is 5.91 Å². The third-order valence-corrected chi connectivity index (χ3v) is 3.67. The molecule has 20 heavy (non-hydrogen) atoms. The average Bonchev–Trinajstić information content (AvgIpc) is 2.42. The number of amides is 1. The SMILES string of the molecule is CCN(CC(N)=O)c1ccc(CNCCOC)c(Br)c1. The van der Waals surface area contributed by atoms with Crippen molar-refractivity contribution >= 4 is 27.5 Å². The Morgan fingerprint density at radius 1 is 1.50 bits per heavy atom. The van der Waals surface area contributed by atoms with Crippen LogP contribution in [0.1, 0.15) is 12.5 Å². The summed E-state index contributed by atoms with van der Waals surface area (Å²) in [4.78, 5) is 13.0. The molecule has 0 aliphatic rings. The van der Waals surface area contributed by atoms with Crippen molar-refractivity contribution in [1.82, 2.24) is 5.32 Å². The molecule has 0 unspecified atom stereocenters. The van der Waals surface area contributed by atoms with E-state index in [9.17, 15) is 4.79 Å². The molecule has 0 heterocycles. The predicted octanol–water partition coefficient (Wildman–Crippen LogP) is 1.50. The second-order valence-corrected chi connectivity index (χ2v) is 5.28. The minimum Gasteiger partial charge on any atom is -0.383 e. The van der Waals surface area contributed by atoms with Crippen LogP contribution in [0.25, 0.3) is 0 Å². The fourth-order valence-electron chi connectivity index (χ4n) is 1.85. The fourth-order valence-corrected chi connectivity index (χ4v) is 2.35. The second-order valence-electron chi connectivity index (χ2n) is 4.43. The smallest absolute Gasteiger partial charge is 0.236 e. The van der Waals surface area contributed by atoms with Crippen molar-refractivity contribution in [3.8, 4) is 0 Å². The molecule has 0 aromatic heterocycles. The lowest BCUT2D eigenvalue weighted by Gasteiger charge is -2.22. The number of nitrogens with zero attached hydrogens (tertiary/aromatic N) is 1. The highest BCUT2D eigenvalue weighted by Gasteiger charge is 2.09. The van der Waals surface area contributed by atoms with E-state index in [1.165, 1.54) is 5.56 Å². The molecule has 5 nitrogen and oxygen atoms in total. The molecule has 0 spiro atoms. The van der Waals surface area contributed by atoms with Gasteiger partial charge in [-0.2, -0.15) is 0 Å². The summed E-state index contributed by atoms with van der Waals surface area (Å²) in [6.07, 6.45) is 0. The van der Waals surface area contributed by atoms with E-state index in [0.717, 1.165) is 29.8 Å². The largest absolute Gasteiger partial charge is 0.383 e. The van der Waals surface area contributed by atoms with Crippen LogP contribution in [0.5, 0.6) is 0 Å². The Kier molecular flexibility index (Phi) is 7.58. The van der Waals surface area contributed by atoms with Crippen molar-refractivity contribution in [2.24, 2.45) is 5.73 Å². The van der Waals surface area contributed by atoms with Gasteiger partial charge in [0.05, 0.1) is 13.2 Å². The van der Waals surface area contributed by atoms with Crippen LogP contribution in [0.15, 0.2) is 22.7 Å². The molecule has 6 heteroatoms. The number of carbonyl (C=O) groups excluding carboxylic acids is 1. The number of benzene rings is 1. The lowest BCUT2D eigenvalue weighted by Crippen LogP contribution is -2.33. The molecule has 1 aromatic rings. The van der Waals surface area contributed by atoms with Crippen LogP contribution < -0.4 is 16.0 Å². The van der Waals surface area contributed by atoms with Crippen LogP contribution in [0.3, 0.4) is 0 Å². The van der Waals surface area contributed by atoms with Gasteiger partial charge in [-0.05, 0) is 24.6 Å². The Morgan fingerprint density at radius 2 is 2.25 bits per heavy atom. The van der Waals surface area contributed by atoms with Gasteiger partial charge in [-0.3, -0.25) is 4.79 Å². The zero-order valence-electron chi connectivity index (χ0n) is 12.0. The van der Waals surface area contributed by atoms with Gasteiger partial charge in [-0.25, -0.2) is 0 Å². The minimum atomic E-state index is -0.326. The van der Waals surface area contributed by atoms with Gasteiger partial charge in [-0.15, -0.1) is 0 Å². The van der Waals surface area contributed by atoms with Crippen LogP contribution in [-0.2, 0) is 16.1 Å². The first kappa shape index (κ1) is 16.9. The maximum atomic E-state index is 11.0. The Labute approximate surface area is 128 Å². The summed E-state index contributed by atoms with van der Waals surface area (Å²) in [5, 5.41) is 3.30. The van der Waals surface area contributed by atoms with Crippen molar-refractivity contribution in [3.05, 3.63) is 28.2 Å². The zero-order chi connectivity index (χ0) is 15.0. The van der Waals surface area contributed by atoms with Gasteiger partial charge in [0, 0.05) is 36.9 Å². The summed E-state index contributed by atoms with van der Waals surface area (Å²) >= 11 is 3.57. The monoisotopic (exact) mass is 343 g/mol. The van der Waals surface area contributed by atoms with E-state index in [4.69, 9.17) is 10.5 Å². The molecule has 0 bridgehead atoms. The molecular formula is C14H22BrN3O2. The van der Waals surface area contributed by atoms with Crippen molar-refractivity contribution < 1.29 is 9.53 Å². The highest BCUT2D eigenvalue weighted by Crippen LogP contribution is 2.24. The van der Waals surface area contributed by atoms with Gasteiger partial charge in [-0.1, -0.05) is 22.0 Å². The Morgan fingerprint density at radius 3 is 2.80 bits per heavy atom. The number of methoxy groups -OCH3 is 1. The maximum Gasteiger partial charge on any atom is 0.236 e. The Bertz CT molecular complexity index is 440. The average molecular weight is 344 g/mol. The molecule has 0 aliphatic carbocycles. The molecular weight excluding hydrogens is 322 g/mol. The first-order chi connectivity index (χ1) is 9.58. The molecule has 0 saturated heterocycles. The van der Waals surface area contributed by atoms with E-state index in [1.54, 1.807) is 7.11 Å². The number of nitrogens with one attached hydrogen (secondary N) is 1. The molecule has 112 valence electrons. The highest BCUT2D eigenvalue weighted by atomic mass is 79.9. The topological polar surface area (TPSA) is 67.6 Å². The lowest BCUT2D eigenvalue weighted by molar-refractivity contribution is -0.116. The second kappa shape index (κ2) is 8.94. The number of ether oxygens (including phenoxy) is 1. The molecule has 0 fully saturated rings. The zero-order valence-corrected chi connectivity index (χ0v) is 13.6. The Hall–Kier alpha value is -1.11. The molecule has 0 radical (unpaired) electrons. The molecule has 3 N–H and O–H groups in total. The molecule has 1 amide bonds. The van der Waals surface area contributed by atoms with Crippen LogP contribution in [0.2, 0.25) is 0 Å². The number of primary amides is 1. The number of likely N-dealkylation sites (N-methyl/N-ethyl adjacent to an activating group) is 1. The molecule has 1 rings (SSSR count). The van der Waals surface area contributed by atoms with Gasteiger partial charge in [0.25, 0.3) is 0 Å². The maximum absolute atomic E-state index is 11.0. The van der Waals surface area contributed by atoms with Crippen LogP contribution in [0, 0.1) is 0 Å². The first-order valence-corrected chi connectivity index (χ1v) is 7.39. The van der Waals surface area contributed by atoms with E-state index in [1.807, 2.05) is 30.0 Å². The quantitative estimate of drug-likeness (QED) is 0.666. The van der Waals surface area contributed by atoms with Gasteiger partial charge in [0.1, 0.15) is 0 Å². The van der Waals surface area contributed by atoms with Gasteiger partial charge in [0.15, 0.2) is 0 Å². The number of hydrogen-bond donors (Lipinski definition) is 2. The van der Waals surface area contributed by atoms with Gasteiger partial charge >= 0.3 is 0 Å². The molecule has 0 aliphatic heterocycles. The summed E-state index contributed by atoms with van der Waals surface area (Å²) in [5.41, 5.74) is 7.41. The van der Waals surface area contributed by atoms with Crippen molar-refractivity contribution in [2.75, 3.05) is 38.3 Å². The number of hydrogen-bond acceptors (Lipinski definition) is 4. The van der Waals surface area contributed by atoms with E-state index < -0.39 is 0 Å². The van der Waals surface area contributed by atoms with E-state index >= 15 is 0 Å². The standard InChI is InChI=1S/C14H22BrN3O2/c1-3-18(10-14(16)19)12-5-4-11(13(15)8-12)9-17-6-7-20-2/h4-5,8,17H,3,6-7,9-10H2,1-2H3,(H2,16,19). The molecule has 0 saturated carbocycles. The number of carbonyl (C=O) groups is 1. The van der Waals surface area contributed by atoms with Gasteiger partial charge < -0.3 is 20.7 Å². The number of anilines is 1.